The average molecular weight is 447 g/mol. The molecule has 3 rings (SSSR count). The first-order valence-corrected chi connectivity index (χ1v) is 11.3. The molecule has 0 aliphatic rings. The van der Waals surface area contributed by atoms with Gasteiger partial charge in [0, 0.05) is 24.2 Å². The van der Waals surface area contributed by atoms with Gasteiger partial charge in [-0.2, -0.15) is 4.31 Å². The molecule has 0 fully saturated rings. The zero-order chi connectivity index (χ0) is 22.4. The summed E-state index contributed by atoms with van der Waals surface area (Å²) in [5.41, 5.74) is 0.605. The fourth-order valence-electron chi connectivity index (χ4n) is 2.96. The minimum Gasteiger partial charge on any atom is -0.403 e. The molecule has 164 valence electrons. The molecule has 0 radical (unpaired) electrons. The van der Waals surface area contributed by atoms with E-state index < -0.39 is 21.7 Å². The number of rotatable bonds is 9. The molecule has 1 aromatic heterocycles. The van der Waals surface area contributed by atoms with Gasteiger partial charge in [-0.3, -0.25) is 10.1 Å². The molecule has 0 atom stereocenters. The zero-order valence-corrected chi connectivity index (χ0v) is 18.0. The number of amides is 1. The van der Waals surface area contributed by atoms with Crippen LogP contribution in [0.1, 0.15) is 37.0 Å². The fourth-order valence-corrected chi connectivity index (χ4v) is 4.58. The summed E-state index contributed by atoms with van der Waals surface area (Å²) < 4.78 is 45.8. The Morgan fingerprint density at radius 2 is 1.74 bits per heavy atom. The van der Waals surface area contributed by atoms with E-state index in [1.54, 1.807) is 6.07 Å². The van der Waals surface area contributed by atoms with E-state index in [4.69, 9.17) is 4.42 Å². The lowest BCUT2D eigenvalue weighted by Crippen LogP contribution is -2.32. The summed E-state index contributed by atoms with van der Waals surface area (Å²) in [6, 6.07) is 11.1. The number of anilines is 1. The summed E-state index contributed by atoms with van der Waals surface area (Å²) in [6.45, 7) is 4.71. The number of benzene rings is 2. The van der Waals surface area contributed by atoms with Crippen LogP contribution in [0.5, 0.6) is 0 Å². The lowest BCUT2D eigenvalue weighted by molar-refractivity contribution is 0.102. The van der Waals surface area contributed by atoms with Crippen LogP contribution in [0.25, 0.3) is 11.5 Å². The number of nitrogens with one attached hydrogen (secondary N) is 1. The van der Waals surface area contributed by atoms with E-state index in [9.17, 15) is 17.6 Å². The van der Waals surface area contributed by atoms with Gasteiger partial charge in [-0.15, -0.1) is 5.10 Å². The molecule has 1 N–H and O–H groups in total. The highest BCUT2D eigenvalue weighted by Crippen LogP contribution is 2.21. The summed E-state index contributed by atoms with van der Waals surface area (Å²) in [4.78, 5) is 12.6. The molecular weight excluding hydrogens is 423 g/mol. The van der Waals surface area contributed by atoms with E-state index in [1.807, 2.05) is 13.8 Å². The van der Waals surface area contributed by atoms with Crippen LogP contribution in [0.3, 0.4) is 0 Å². The molecule has 0 aliphatic carbocycles. The summed E-state index contributed by atoms with van der Waals surface area (Å²) in [6.07, 6.45) is 1.42. The first-order valence-electron chi connectivity index (χ1n) is 9.86. The predicted molar refractivity (Wildman–Crippen MR) is 113 cm³/mol. The molecule has 1 amide bonds. The number of sulfonamides is 1. The van der Waals surface area contributed by atoms with Crippen molar-refractivity contribution in [1.82, 2.24) is 14.5 Å². The molecule has 0 spiro atoms. The molecule has 0 aliphatic heterocycles. The Hall–Kier alpha value is -3.11. The number of carbonyl (C=O) groups is 1. The predicted octanol–water partition coefficient (Wildman–Crippen LogP) is 3.94. The van der Waals surface area contributed by atoms with Crippen molar-refractivity contribution in [3.05, 3.63) is 59.9 Å². The Morgan fingerprint density at radius 3 is 2.35 bits per heavy atom. The van der Waals surface area contributed by atoms with Gasteiger partial charge >= 0.3 is 6.01 Å². The maximum absolute atomic E-state index is 13.3. The maximum atomic E-state index is 13.3. The van der Waals surface area contributed by atoms with Crippen LogP contribution in [-0.2, 0) is 10.0 Å². The number of halogens is 1. The Morgan fingerprint density at radius 1 is 1.06 bits per heavy atom. The zero-order valence-electron chi connectivity index (χ0n) is 17.2. The summed E-state index contributed by atoms with van der Waals surface area (Å²) >= 11 is 0. The topological polar surface area (TPSA) is 105 Å². The van der Waals surface area contributed by atoms with Crippen molar-refractivity contribution in [1.29, 1.82) is 0 Å². The van der Waals surface area contributed by atoms with Gasteiger partial charge in [0.25, 0.3) is 5.91 Å². The highest BCUT2D eigenvalue weighted by atomic mass is 32.2. The van der Waals surface area contributed by atoms with Gasteiger partial charge in [0.05, 0.1) is 4.90 Å². The van der Waals surface area contributed by atoms with Crippen LogP contribution >= 0.6 is 0 Å². The maximum Gasteiger partial charge on any atom is 0.322 e. The van der Waals surface area contributed by atoms with Gasteiger partial charge in [0.15, 0.2) is 0 Å². The van der Waals surface area contributed by atoms with Gasteiger partial charge in [-0.05, 0) is 55.3 Å². The molecule has 3 aromatic rings. The highest BCUT2D eigenvalue weighted by Gasteiger charge is 2.23. The first kappa shape index (κ1) is 22.6. The molecule has 0 saturated heterocycles. The number of carbonyl (C=O) groups excluding carboxylic acids is 1. The minimum atomic E-state index is -3.63. The van der Waals surface area contributed by atoms with E-state index >= 15 is 0 Å². The summed E-state index contributed by atoms with van der Waals surface area (Å²) in [5.74, 6) is -0.937. The van der Waals surface area contributed by atoms with Crippen molar-refractivity contribution in [2.75, 3.05) is 18.4 Å². The van der Waals surface area contributed by atoms with E-state index in [2.05, 4.69) is 15.5 Å². The van der Waals surface area contributed by atoms with Crippen molar-refractivity contribution in [2.24, 2.45) is 0 Å². The van der Waals surface area contributed by atoms with Crippen molar-refractivity contribution in [3.8, 4) is 11.5 Å². The summed E-state index contributed by atoms with van der Waals surface area (Å²) in [7, 11) is -3.63. The van der Waals surface area contributed by atoms with E-state index in [0.717, 1.165) is 0 Å². The third-order valence-electron chi connectivity index (χ3n) is 4.42. The molecule has 10 heteroatoms. The molecule has 31 heavy (non-hydrogen) atoms. The Balaban J connectivity index is 1.72. The van der Waals surface area contributed by atoms with Crippen LogP contribution in [0.2, 0.25) is 0 Å². The lowest BCUT2D eigenvalue weighted by Gasteiger charge is -2.21. The number of aromatic nitrogens is 2. The van der Waals surface area contributed by atoms with E-state index in [0.29, 0.717) is 31.5 Å². The molecule has 8 nitrogen and oxygen atoms in total. The molecule has 1 heterocycles. The normalized spacial score (nSPS) is 11.6. The van der Waals surface area contributed by atoms with Gasteiger partial charge in [0.1, 0.15) is 5.82 Å². The van der Waals surface area contributed by atoms with E-state index in [-0.39, 0.29) is 22.4 Å². The van der Waals surface area contributed by atoms with Gasteiger partial charge < -0.3 is 4.42 Å². The van der Waals surface area contributed by atoms with Crippen molar-refractivity contribution in [3.63, 3.8) is 0 Å². The molecule has 0 bridgehead atoms. The number of hydrogen-bond donors (Lipinski definition) is 1. The second-order valence-corrected chi connectivity index (χ2v) is 8.74. The van der Waals surface area contributed by atoms with Crippen molar-refractivity contribution < 1.29 is 22.0 Å². The number of hydrogen-bond acceptors (Lipinski definition) is 6. The second kappa shape index (κ2) is 9.80. The number of nitrogens with zero attached hydrogens (tertiary/aromatic N) is 3. The quantitative estimate of drug-likeness (QED) is 0.534. The standard InChI is InChI=1S/C21H23FN4O4S/c1-3-12-26(13-4-2)31(28,29)18-10-8-15(9-11-18)19(27)23-21-25-24-20(30-21)16-6-5-7-17(22)14-16/h5-11,14H,3-4,12-13H2,1-2H3,(H,23,25,27). The van der Waals surface area contributed by atoms with Crippen molar-refractivity contribution in [2.45, 2.75) is 31.6 Å². The third-order valence-corrected chi connectivity index (χ3v) is 6.33. The Kier molecular flexibility index (Phi) is 7.13. The molecular formula is C21H23FN4O4S. The van der Waals surface area contributed by atoms with Crippen LogP contribution in [0.4, 0.5) is 10.4 Å². The first-order chi connectivity index (χ1) is 14.8. The van der Waals surface area contributed by atoms with Crippen LogP contribution in [-0.4, -0.2) is 41.9 Å². The second-order valence-electron chi connectivity index (χ2n) is 6.81. The Labute approximate surface area is 180 Å². The third kappa shape index (κ3) is 5.33. The largest absolute Gasteiger partial charge is 0.403 e. The van der Waals surface area contributed by atoms with E-state index in [1.165, 1.54) is 46.8 Å². The molecule has 0 saturated carbocycles. The molecule has 0 unspecified atom stereocenters. The van der Waals surface area contributed by atoms with Crippen LogP contribution in [0, 0.1) is 5.82 Å². The van der Waals surface area contributed by atoms with Crippen LogP contribution < -0.4 is 5.32 Å². The monoisotopic (exact) mass is 446 g/mol. The average Bonchev–Trinajstić information content (AvgIpc) is 3.22. The fraction of sp³-hybridized carbons (Fsp3) is 0.286. The Bertz CT molecular complexity index is 1140. The lowest BCUT2D eigenvalue weighted by atomic mass is 10.2. The van der Waals surface area contributed by atoms with Gasteiger partial charge in [-0.1, -0.05) is 25.0 Å². The smallest absolute Gasteiger partial charge is 0.322 e. The van der Waals surface area contributed by atoms with Crippen LogP contribution in [0.15, 0.2) is 57.8 Å². The minimum absolute atomic E-state index is 0.0585. The summed E-state index contributed by atoms with van der Waals surface area (Å²) in [5, 5.41) is 9.98. The molecule has 2 aromatic carbocycles. The van der Waals surface area contributed by atoms with Gasteiger partial charge in [0.2, 0.25) is 15.9 Å². The van der Waals surface area contributed by atoms with Gasteiger partial charge in [-0.25, -0.2) is 12.8 Å². The SMILES string of the molecule is CCCN(CCC)S(=O)(=O)c1ccc(C(=O)Nc2nnc(-c3cccc(F)c3)o2)cc1. The van der Waals surface area contributed by atoms with Crippen molar-refractivity contribution >= 4 is 21.9 Å². The highest BCUT2D eigenvalue weighted by molar-refractivity contribution is 7.89.